The van der Waals surface area contributed by atoms with Crippen molar-refractivity contribution in [3.8, 4) is 0 Å². The standard InChI is InChI=1S/C29H31BrCl2N2O2S/c1-20(2)16-33-29(36)27(15-21-7-4-3-5-8-21)34(17-22-11-13-23(30)14-12-22)28(35)19-37-18-24-25(31)9-6-10-26(24)32/h3-14,20,27H,15-19H2,1-2H3,(H,33,36)/t27-/m0/s1. The minimum atomic E-state index is -0.651. The molecule has 3 rings (SSSR count). The Labute approximate surface area is 242 Å². The molecule has 37 heavy (non-hydrogen) atoms. The van der Waals surface area contributed by atoms with Gasteiger partial charge in [-0.25, -0.2) is 0 Å². The lowest BCUT2D eigenvalue weighted by atomic mass is 10.0. The highest BCUT2D eigenvalue weighted by Crippen LogP contribution is 2.28. The van der Waals surface area contributed by atoms with Gasteiger partial charge in [-0.15, -0.1) is 11.8 Å². The third kappa shape index (κ3) is 9.36. The summed E-state index contributed by atoms with van der Waals surface area (Å²) < 4.78 is 0.955. The molecule has 1 atom stereocenters. The molecule has 2 amide bonds. The van der Waals surface area contributed by atoms with Crippen LogP contribution in [0.5, 0.6) is 0 Å². The van der Waals surface area contributed by atoms with E-state index in [-0.39, 0.29) is 17.6 Å². The van der Waals surface area contributed by atoms with E-state index in [9.17, 15) is 9.59 Å². The third-order valence-electron chi connectivity index (χ3n) is 5.76. The Morgan fingerprint density at radius 3 is 2.19 bits per heavy atom. The Balaban J connectivity index is 1.85. The number of nitrogens with zero attached hydrogens (tertiary/aromatic N) is 1. The SMILES string of the molecule is CC(C)CNC(=O)[C@H](Cc1ccccc1)N(Cc1ccc(Br)cc1)C(=O)CSCc1c(Cl)cccc1Cl. The van der Waals surface area contributed by atoms with E-state index in [2.05, 4.69) is 21.2 Å². The normalized spacial score (nSPS) is 11.8. The number of hydrogen-bond donors (Lipinski definition) is 1. The Kier molecular flexibility index (Phi) is 11.8. The Morgan fingerprint density at radius 2 is 1.57 bits per heavy atom. The van der Waals surface area contributed by atoms with Crippen molar-refractivity contribution >= 4 is 62.7 Å². The summed E-state index contributed by atoms with van der Waals surface area (Å²) in [4.78, 5) is 28.9. The maximum atomic E-state index is 13.7. The maximum Gasteiger partial charge on any atom is 0.243 e. The van der Waals surface area contributed by atoms with Gasteiger partial charge in [0.1, 0.15) is 6.04 Å². The number of carbonyl (C=O) groups excluding carboxylic acids is 2. The number of thioether (sulfide) groups is 1. The van der Waals surface area contributed by atoms with Crippen LogP contribution in [0.25, 0.3) is 0 Å². The molecule has 3 aromatic rings. The fourth-order valence-electron chi connectivity index (χ4n) is 3.76. The van der Waals surface area contributed by atoms with Crippen molar-refractivity contribution in [2.45, 2.75) is 38.6 Å². The summed E-state index contributed by atoms with van der Waals surface area (Å²) in [6.07, 6.45) is 0.425. The van der Waals surface area contributed by atoms with Gasteiger partial charge >= 0.3 is 0 Å². The largest absolute Gasteiger partial charge is 0.354 e. The predicted molar refractivity (Wildman–Crippen MR) is 159 cm³/mol. The lowest BCUT2D eigenvalue weighted by Crippen LogP contribution is -2.51. The van der Waals surface area contributed by atoms with Crippen LogP contribution in [0.1, 0.15) is 30.5 Å². The van der Waals surface area contributed by atoms with Crippen molar-refractivity contribution in [2.24, 2.45) is 5.92 Å². The van der Waals surface area contributed by atoms with Crippen molar-refractivity contribution < 1.29 is 9.59 Å². The predicted octanol–water partition coefficient (Wildman–Crippen LogP) is 7.40. The first-order chi connectivity index (χ1) is 17.7. The molecule has 0 fully saturated rings. The average molecular weight is 622 g/mol. The van der Waals surface area contributed by atoms with Gasteiger partial charge in [0.2, 0.25) is 11.8 Å². The van der Waals surface area contributed by atoms with Gasteiger partial charge < -0.3 is 10.2 Å². The summed E-state index contributed by atoms with van der Waals surface area (Å²) in [5, 5.41) is 4.20. The number of rotatable bonds is 12. The van der Waals surface area contributed by atoms with Gasteiger partial charge in [-0.2, -0.15) is 0 Å². The van der Waals surface area contributed by atoms with Crippen LogP contribution in [-0.4, -0.2) is 35.1 Å². The molecule has 3 aromatic carbocycles. The first-order valence-corrected chi connectivity index (χ1v) is 14.8. The first kappa shape index (κ1) is 29.6. The quantitative estimate of drug-likeness (QED) is 0.229. The molecule has 0 aliphatic heterocycles. The van der Waals surface area contributed by atoms with Gasteiger partial charge in [0.25, 0.3) is 0 Å². The van der Waals surface area contributed by atoms with Gasteiger partial charge in [-0.05, 0) is 46.9 Å². The average Bonchev–Trinajstić information content (AvgIpc) is 2.88. The second-order valence-corrected chi connectivity index (χ2v) is 11.9. The zero-order chi connectivity index (χ0) is 26.8. The molecule has 0 aliphatic rings. The number of benzene rings is 3. The van der Waals surface area contributed by atoms with E-state index in [1.165, 1.54) is 11.8 Å². The molecule has 196 valence electrons. The van der Waals surface area contributed by atoms with E-state index in [1.807, 2.05) is 68.4 Å². The lowest BCUT2D eigenvalue weighted by molar-refractivity contribution is -0.139. The fourth-order valence-corrected chi connectivity index (χ4v) is 5.67. The minimum absolute atomic E-state index is 0.114. The number of hydrogen-bond acceptors (Lipinski definition) is 3. The molecule has 8 heteroatoms. The number of halogens is 3. The summed E-state index contributed by atoms with van der Waals surface area (Å²) in [7, 11) is 0. The molecule has 0 aliphatic carbocycles. The molecule has 0 heterocycles. The highest BCUT2D eigenvalue weighted by molar-refractivity contribution is 9.10. The number of nitrogens with one attached hydrogen (secondary N) is 1. The van der Waals surface area contributed by atoms with Crippen LogP contribution in [0.2, 0.25) is 10.0 Å². The molecule has 0 radical (unpaired) electrons. The summed E-state index contributed by atoms with van der Waals surface area (Å²) in [6, 6.07) is 22.4. The van der Waals surface area contributed by atoms with Gasteiger partial charge in [-0.1, -0.05) is 102 Å². The fraction of sp³-hybridized carbons (Fsp3) is 0.310. The zero-order valence-corrected chi connectivity index (χ0v) is 24.8. The van der Waals surface area contributed by atoms with Crippen LogP contribution in [0, 0.1) is 5.92 Å². The van der Waals surface area contributed by atoms with Crippen LogP contribution in [-0.2, 0) is 28.3 Å². The third-order valence-corrected chi connectivity index (χ3v) is 7.94. The van der Waals surface area contributed by atoms with Crippen molar-refractivity contribution in [3.05, 3.63) is 104 Å². The van der Waals surface area contributed by atoms with Crippen LogP contribution >= 0.6 is 50.9 Å². The molecule has 0 saturated heterocycles. The molecular weight excluding hydrogens is 591 g/mol. The van der Waals surface area contributed by atoms with Crippen molar-refractivity contribution in [1.82, 2.24) is 10.2 Å². The van der Waals surface area contributed by atoms with Crippen LogP contribution in [0.3, 0.4) is 0 Å². The van der Waals surface area contributed by atoms with E-state index in [1.54, 1.807) is 23.1 Å². The topological polar surface area (TPSA) is 49.4 Å². The van der Waals surface area contributed by atoms with E-state index in [4.69, 9.17) is 23.2 Å². The van der Waals surface area contributed by atoms with Crippen molar-refractivity contribution in [3.63, 3.8) is 0 Å². The summed E-state index contributed by atoms with van der Waals surface area (Å²) in [6.45, 7) is 4.97. The molecular formula is C29H31BrCl2N2O2S. The van der Waals surface area contributed by atoms with Crippen molar-refractivity contribution in [1.29, 1.82) is 0 Å². The number of amides is 2. The number of carbonyl (C=O) groups is 2. The van der Waals surface area contributed by atoms with E-state index >= 15 is 0 Å². The monoisotopic (exact) mass is 620 g/mol. The maximum absolute atomic E-state index is 13.7. The highest BCUT2D eigenvalue weighted by atomic mass is 79.9. The molecule has 4 nitrogen and oxygen atoms in total. The van der Waals surface area contributed by atoms with Crippen LogP contribution in [0.4, 0.5) is 0 Å². The Morgan fingerprint density at radius 1 is 0.919 bits per heavy atom. The van der Waals surface area contributed by atoms with Gasteiger partial charge in [0.05, 0.1) is 5.75 Å². The zero-order valence-electron chi connectivity index (χ0n) is 20.9. The van der Waals surface area contributed by atoms with Gasteiger partial charge in [0.15, 0.2) is 0 Å². The second kappa shape index (κ2) is 14.8. The lowest BCUT2D eigenvalue weighted by Gasteiger charge is -2.32. The molecule has 0 bridgehead atoms. The van der Waals surface area contributed by atoms with Crippen LogP contribution < -0.4 is 5.32 Å². The molecule has 0 aromatic heterocycles. The Hall–Kier alpha value is -1.99. The molecule has 1 N–H and O–H groups in total. The van der Waals surface area contributed by atoms with Gasteiger partial charge in [0, 0.05) is 39.8 Å². The highest BCUT2D eigenvalue weighted by Gasteiger charge is 2.30. The second-order valence-electron chi connectivity index (χ2n) is 9.19. The van der Waals surface area contributed by atoms with Crippen molar-refractivity contribution in [2.75, 3.05) is 12.3 Å². The van der Waals surface area contributed by atoms with E-state index in [0.717, 1.165) is 21.2 Å². The van der Waals surface area contributed by atoms with E-state index in [0.29, 0.717) is 41.2 Å². The first-order valence-electron chi connectivity index (χ1n) is 12.1. The summed E-state index contributed by atoms with van der Waals surface area (Å²) >= 11 is 17.5. The summed E-state index contributed by atoms with van der Waals surface area (Å²) in [5.74, 6) is 0.729. The summed E-state index contributed by atoms with van der Waals surface area (Å²) in [5.41, 5.74) is 2.75. The molecule has 0 unspecified atom stereocenters. The minimum Gasteiger partial charge on any atom is -0.354 e. The van der Waals surface area contributed by atoms with Crippen LogP contribution in [0.15, 0.2) is 77.3 Å². The van der Waals surface area contributed by atoms with E-state index < -0.39 is 6.04 Å². The smallest absolute Gasteiger partial charge is 0.243 e. The molecule has 0 spiro atoms. The molecule has 0 saturated carbocycles. The Bertz CT molecular complexity index is 1160. The van der Waals surface area contributed by atoms with Gasteiger partial charge in [-0.3, -0.25) is 9.59 Å².